The summed E-state index contributed by atoms with van der Waals surface area (Å²) in [6, 6.07) is 6.37. The Bertz CT molecular complexity index is 1170. The minimum atomic E-state index is -3.82. The topological polar surface area (TPSA) is 123 Å². The van der Waals surface area contributed by atoms with Gasteiger partial charge in [0.2, 0.25) is 0 Å². The fourth-order valence-electron chi connectivity index (χ4n) is 2.94. The second-order valence-electron chi connectivity index (χ2n) is 7.20. The lowest BCUT2D eigenvalue weighted by molar-refractivity contribution is -0.137. The number of hydrogen-bond acceptors (Lipinski definition) is 6. The molecule has 0 aliphatic rings. The van der Waals surface area contributed by atoms with Crippen LogP contribution in [0.25, 0.3) is 11.0 Å². The van der Waals surface area contributed by atoms with Gasteiger partial charge < -0.3 is 9.84 Å². The van der Waals surface area contributed by atoms with Gasteiger partial charge in [-0.05, 0) is 57.0 Å². The number of hydrogen-bond donors (Lipinski definition) is 2. The number of rotatable bonds is 9. The lowest BCUT2D eigenvalue weighted by Crippen LogP contribution is -2.13. The number of benzene rings is 1. The molecule has 0 fully saturated rings. The van der Waals surface area contributed by atoms with E-state index in [2.05, 4.69) is 14.8 Å². The van der Waals surface area contributed by atoms with Crippen LogP contribution in [0, 0.1) is 6.92 Å². The summed E-state index contributed by atoms with van der Waals surface area (Å²) >= 11 is 0. The Morgan fingerprint density at radius 2 is 2.03 bits per heavy atom. The molecule has 0 atom stereocenters. The third-order valence-electron chi connectivity index (χ3n) is 4.42. The summed E-state index contributed by atoms with van der Waals surface area (Å²) in [4.78, 5) is 15.0. The molecule has 30 heavy (non-hydrogen) atoms. The number of carbonyl (C=O) groups is 1. The molecule has 0 spiro atoms. The zero-order valence-electron chi connectivity index (χ0n) is 17.0. The number of anilines is 1. The van der Waals surface area contributed by atoms with Crippen LogP contribution in [0.4, 0.5) is 5.69 Å². The molecule has 0 aliphatic carbocycles. The molecule has 2 aromatic heterocycles. The maximum atomic E-state index is 12.8. The summed E-state index contributed by atoms with van der Waals surface area (Å²) in [5.41, 5.74) is 1.67. The number of fused-ring (bicyclic) bond motifs is 1. The molecule has 0 aliphatic heterocycles. The number of aliphatic carboxylic acids is 1. The van der Waals surface area contributed by atoms with Gasteiger partial charge in [0, 0.05) is 17.8 Å². The van der Waals surface area contributed by atoms with E-state index in [9.17, 15) is 13.2 Å². The van der Waals surface area contributed by atoms with Gasteiger partial charge in [0.15, 0.2) is 5.65 Å². The molecule has 0 amide bonds. The van der Waals surface area contributed by atoms with Gasteiger partial charge in [-0.25, -0.2) is 18.1 Å². The Balaban J connectivity index is 1.74. The highest BCUT2D eigenvalue weighted by molar-refractivity contribution is 7.92. The van der Waals surface area contributed by atoms with E-state index < -0.39 is 16.0 Å². The minimum absolute atomic E-state index is 0.0177. The molecule has 2 heterocycles. The molecule has 0 saturated carbocycles. The van der Waals surface area contributed by atoms with Crippen molar-refractivity contribution in [3.63, 3.8) is 0 Å². The molecule has 0 unspecified atom stereocenters. The summed E-state index contributed by atoms with van der Waals surface area (Å²) in [7, 11) is -3.82. The summed E-state index contributed by atoms with van der Waals surface area (Å²) < 4.78 is 35.4. The summed E-state index contributed by atoms with van der Waals surface area (Å²) in [6.45, 7) is 5.96. The Kier molecular flexibility index (Phi) is 6.25. The largest absolute Gasteiger partial charge is 0.493 e. The number of nitrogens with zero attached hydrogens (tertiary/aromatic N) is 3. The molecule has 2 N–H and O–H groups in total. The molecule has 3 aromatic rings. The quantitative estimate of drug-likeness (QED) is 0.497. The van der Waals surface area contributed by atoms with E-state index in [1.807, 2.05) is 13.8 Å². The number of sulfonamides is 1. The Morgan fingerprint density at radius 3 is 2.70 bits per heavy atom. The van der Waals surface area contributed by atoms with E-state index in [1.54, 1.807) is 29.9 Å². The highest BCUT2D eigenvalue weighted by atomic mass is 32.2. The first kappa shape index (κ1) is 21.6. The number of pyridine rings is 1. The van der Waals surface area contributed by atoms with Gasteiger partial charge >= 0.3 is 5.97 Å². The second kappa shape index (κ2) is 8.70. The molecular formula is C20H24N4O5S. The van der Waals surface area contributed by atoms with Gasteiger partial charge in [0.05, 0.1) is 29.6 Å². The summed E-state index contributed by atoms with van der Waals surface area (Å²) in [5.74, 6) is -0.365. The molecule has 9 nitrogen and oxygen atoms in total. The van der Waals surface area contributed by atoms with E-state index in [-0.39, 0.29) is 24.0 Å². The number of aryl methyl sites for hydroxylation is 1. The van der Waals surface area contributed by atoms with Crippen molar-refractivity contribution < 1.29 is 23.1 Å². The van der Waals surface area contributed by atoms with Gasteiger partial charge in [0.25, 0.3) is 10.0 Å². The molecule has 0 bridgehead atoms. The number of aromatic nitrogens is 3. The molecule has 10 heteroatoms. The third kappa shape index (κ3) is 4.88. The number of carboxylic acids is 1. The van der Waals surface area contributed by atoms with Crippen LogP contribution in [-0.4, -0.2) is 40.9 Å². The zero-order chi connectivity index (χ0) is 21.9. The van der Waals surface area contributed by atoms with Crippen LogP contribution >= 0.6 is 0 Å². The van der Waals surface area contributed by atoms with Crippen molar-refractivity contribution in [3.05, 3.63) is 42.2 Å². The average molecular weight is 433 g/mol. The van der Waals surface area contributed by atoms with Crippen LogP contribution in [0.15, 0.2) is 41.6 Å². The highest BCUT2D eigenvalue weighted by Gasteiger charge is 2.17. The van der Waals surface area contributed by atoms with Crippen molar-refractivity contribution in [3.8, 4) is 5.75 Å². The first-order chi connectivity index (χ1) is 14.2. The van der Waals surface area contributed by atoms with Crippen LogP contribution in [0.3, 0.4) is 0 Å². The van der Waals surface area contributed by atoms with Crippen molar-refractivity contribution in [2.75, 3.05) is 11.3 Å². The Morgan fingerprint density at radius 1 is 1.27 bits per heavy atom. The summed E-state index contributed by atoms with van der Waals surface area (Å²) in [5, 5.41) is 13.7. The number of nitrogens with one attached hydrogen (secondary N) is 1. The maximum Gasteiger partial charge on any atom is 0.303 e. The predicted molar refractivity (Wildman–Crippen MR) is 112 cm³/mol. The first-order valence-electron chi connectivity index (χ1n) is 9.48. The monoisotopic (exact) mass is 432 g/mol. The molecule has 160 valence electrons. The van der Waals surface area contributed by atoms with Crippen LogP contribution in [-0.2, 0) is 14.8 Å². The SMILES string of the molecule is Cc1cc(S(=O)(=O)Nc2cnc3c(cnn3C(C)C)c2)ccc1OCCCC(=O)O. The van der Waals surface area contributed by atoms with Crippen LogP contribution in [0.2, 0.25) is 0 Å². The normalized spacial score (nSPS) is 11.7. The Labute approximate surface area is 174 Å². The molecule has 0 saturated heterocycles. The predicted octanol–water partition coefficient (Wildman–Crippen LogP) is 3.37. The smallest absolute Gasteiger partial charge is 0.303 e. The number of ether oxygens (including phenoxy) is 1. The van der Waals surface area contributed by atoms with Crippen molar-refractivity contribution in [1.29, 1.82) is 0 Å². The molecule has 1 aromatic carbocycles. The lowest BCUT2D eigenvalue weighted by atomic mass is 10.2. The summed E-state index contributed by atoms with van der Waals surface area (Å²) in [6.07, 6.45) is 3.51. The van der Waals surface area contributed by atoms with Gasteiger partial charge in [-0.15, -0.1) is 0 Å². The third-order valence-corrected chi connectivity index (χ3v) is 5.80. The molecule has 0 radical (unpaired) electrons. The highest BCUT2D eigenvalue weighted by Crippen LogP contribution is 2.25. The van der Waals surface area contributed by atoms with E-state index in [0.29, 0.717) is 29.1 Å². The minimum Gasteiger partial charge on any atom is -0.493 e. The zero-order valence-corrected chi connectivity index (χ0v) is 17.8. The van der Waals surface area contributed by atoms with Crippen molar-refractivity contribution in [2.45, 2.75) is 44.6 Å². The van der Waals surface area contributed by atoms with E-state index in [0.717, 1.165) is 5.39 Å². The van der Waals surface area contributed by atoms with E-state index >= 15 is 0 Å². The van der Waals surface area contributed by atoms with Crippen molar-refractivity contribution in [2.24, 2.45) is 0 Å². The Hall–Kier alpha value is -3.14. The van der Waals surface area contributed by atoms with E-state index in [1.165, 1.54) is 18.3 Å². The number of carboxylic acid groups (broad SMARTS) is 1. The van der Waals surface area contributed by atoms with Gasteiger partial charge in [-0.3, -0.25) is 9.52 Å². The molecular weight excluding hydrogens is 408 g/mol. The fraction of sp³-hybridized carbons (Fsp3) is 0.350. The van der Waals surface area contributed by atoms with Crippen molar-refractivity contribution in [1.82, 2.24) is 14.8 Å². The fourth-order valence-corrected chi connectivity index (χ4v) is 4.06. The van der Waals surface area contributed by atoms with Gasteiger partial charge in [-0.2, -0.15) is 5.10 Å². The molecule has 3 rings (SSSR count). The standard InChI is InChI=1S/C20H24N4O5S/c1-13(2)24-20-15(11-22-24)10-16(12-21-20)23-30(27,28)17-6-7-18(14(3)9-17)29-8-4-5-19(25)26/h6-7,9-13,23H,4-5,8H2,1-3H3,(H,25,26). The van der Waals surface area contributed by atoms with Gasteiger partial charge in [0.1, 0.15) is 5.75 Å². The first-order valence-corrected chi connectivity index (χ1v) is 11.0. The van der Waals surface area contributed by atoms with Crippen LogP contribution in [0.1, 0.15) is 38.3 Å². The van der Waals surface area contributed by atoms with E-state index in [4.69, 9.17) is 9.84 Å². The van der Waals surface area contributed by atoms with Crippen molar-refractivity contribution >= 4 is 32.7 Å². The lowest BCUT2D eigenvalue weighted by Gasteiger charge is -2.12. The second-order valence-corrected chi connectivity index (χ2v) is 8.88. The maximum absolute atomic E-state index is 12.8. The van der Waals surface area contributed by atoms with Crippen LogP contribution < -0.4 is 9.46 Å². The van der Waals surface area contributed by atoms with Gasteiger partial charge in [-0.1, -0.05) is 0 Å². The average Bonchev–Trinajstić information content (AvgIpc) is 3.09. The van der Waals surface area contributed by atoms with Crippen LogP contribution in [0.5, 0.6) is 5.75 Å².